The molecule has 2 aliphatic carbocycles. The maximum Gasteiger partial charge on any atom is 0.0205 e. The molecule has 0 aromatic heterocycles. The molecule has 102 valence electrons. The highest BCUT2D eigenvalue weighted by molar-refractivity contribution is 5.40. The van der Waals surface area contributed by atoms with Gasteiger partial charge in [-0.2, -0.15) is 0 Å². The predicted octanol–water partition coefficient (Wildman–Crippen LogP) is 3.99. The van der Waals surface area contributed by atoms with Gasteiger partial charge in [-0.05, 0) is 47.4 Å². The second kappa shape index (κ2) is 5.06. The van der Waals surface area contributed by atoms with Crippen LogP contribution in [0.5, 0.6) is 0 Å². The average molecular weight is 263 g/mol. The summed E-state index contributed by atoms with van der Waals surface area (Å²) in [5.74, 6) is 1.58. The largest absolute Gasteiger partial charge is 0.312 e. The van der Waals surface area contributed by atoms with Gasteiger partial charge in [0.2, 0.25) is 0 Å². The first-order chi connectivity index (χ1) is 9.90. The number of hydrogen-bond donors (Lipinski definition) is 1. The van der Waals surface area contributed by atoms with Gasteiger partial charge in [0, 0.05) is 19.0 Å². The molecule has 0 heterocycles. The summed E-state index contributed by atoms with van der Waals surface area (Å²) in [6.07, 6.45) is 4.01. The Bertz CT molecular complexity index is 613. The van der Waals surface area contributed by atoms with E-state index in [0.717, 1.165) is 24.9 Å². The molecule has 0 radical (unpaired) electrons. The van der Waals surface area contributed by atoms with E-state index in [4.69, 9.17) is 0 Å². The molecule has 2 aromatic rings. The van der Waals surface area contributed by atoms with Crippen molar-refractivity contribution in [3.8, 4) is 0 Å². The lowest BCUT2D eigenvalue weighted by atomic mass is 9.77. The molecule has 2 aliphatic rings. The first kappa shape index (κ1) is 12.2. The summed E-state index contributed by atoms with van der Waals surface area (Å²) in [7, 11) is 0. The molecule has 1 nitrogen and oxygen atoms in total. The molecule has 1 saturated carbocycles. The third-order valence-corrected chi connectivity index (χ3v) is 4.68. The van der Waals surface area contributed by atoms with Crippen LogP contribution in [0.1, 0.15) is 46.9 Å². The van der Waals surface area contributed by atoms with E-state index >= 15 is 0 Å². The summed E-state index contributed by atoms with van der Waals surface area (Å²) in [5, 5.41) is 3.63. The molecule has 0 aliphatic heterocycles. The third-order valence-electron chi connectivity index (χ3n) is 4.68. The van der Waals surface area contributed by atoms with Crippen LogP contribution in [0.25, 0.3) is 0 Å². The summed E-state index contributed by atoms with van der Waals surface area (Å²) in [5.41, 5.74) is 6.06. The van der Waals surface area contributed by atoms with E-state index in [1.807, 2.05) is 0 Å². The summed E-state index contributed by atoms with van der Waals surface area (Å²) in [6, 6.07) is 18.0. The van der Waals surface area contributed by atoms with Crippen molar-refractivity contribution < 1.29 is 0 Å². The Labute approximate surface area is 121 Å². The van der Waals surface area contributed by atoms with Crippen molar-refractivity contribution in [1.29, 1.82) is 0 Å². The van der Waals surface area contributed by atoms with Gasteiger partial charge in [-0.1, -0.05) is 48.5 Å². The zero-order valence-electron chi connectivity index (χ0n) is 11.8. The van der Waals surface area contributed by atoms with Crippen molar-refractivity contribution in [2.24, 2.45) is 0 Å². The Morgan fingerprint density at radius 1 is 1.00 bits per heavy atom. The van der Waals surface area contributed by atoms with E-state index in [2.05, 4.69) is 53.8 Å². The van der Waals surface area contributed by atoms with Crippen LogP contribution in [0.15, 0.2) is 48.5 Å². The second-order valence-corrected chi connectivity index (χ2v) is 6.25. The van der Waals surface area contributed by atoms with E-state index in [-0.39, 0.29) is 0 Å². The molecule has 0 spiro atoms. The Morgan fingerprint density at radius 3 is 2.75 bits per heavy atom. The molecule has 1 fully saturated rings. The number of benzene rings is 2. The van der Waals surface area contributed by atoms with Crippen LogP contribution in [-0.4, -0.2) is 6.54 Å². The summed E-state index contributed by atoms with van der Waals surface area (Å²) in [6.45, 7) is 2.10. The van der Waals surface area contributed by atoms with E-state index in [9.17, 15) is 0 Å². The molecular weight excluding hydrogens is 242 g/mol. The lowest BCUT2D eigenvalue weighted by molar-refractivity contribution is 0.535. The third kappa shape index (κ3) is 2.38. The Hall–Kier alpha value is -1.60. The Morgan fingerprint density at radius 2 is 1.90 bits per heavy atom. The van der Waals surface area contributed by atoms with Gasteiger partial charge in [-0.15, -0.1) is 0 Å². The summed E-state index contributed by atoms with van der Waals surface area (Å²) >= 11 is 0. The van der Waals surface area contributed by atoms with Gasteiger partial charge in [0.15, 0.2) is 0 Å². The lowest BCUT2D eigenvalue weighted by Crippen LogP contribution is -2.28. The van der Waals surface area contributed by atoms with Crippen molar-refractivity contribution in [2.45, 2.75) is 37.6 Å². The maximum atomic E-state index is 3.63. The molecule has 4 rings (SSSR count). The van der Waals surface area contributed by atoms with E-state index in [0.29, 0.717) is 0 Å². The molecular formula is C19H21N. The van der Waals surface area contributed by atoms with Gasteiger partial charge in [-0.25, -0.2) is 0 Å². The first-order valence-electron chi connectivity index (χ1n) is 7.77. The highest BCUT2D eigenvalue weighted by Crippen LogP contribution is 2.40. The van der Waals surface area contributed by atoms with Gasteiger partial charge < -0.3 is 5.32 Å². The van der Waals surface area contributed by atoms with Crippen LogP contribution in [0.4, 0.5) is 0 Å². The van der Waals surface area contributed by atoms with Crippen molar-refractivity contribution in [1.82, 2.24) is 5.32 Å². The smallest absolute Gasteiger partial charge is 0.0205 e. The van der Waals surface area contributed by atoms with E-state index < -0.39 is 0 Å². The first-order valence-corrected chi connectivity index (χ1v) is 7.77. The van der Waals surface area contributed by atoms with Crippen molar-refractivity contribution >= 4 is 0 Å². The molecule has 0 amide bonds. The van der Waals surface area contributed by atoms with Gasteiger partial charge in [-0.3, -0.25) is 0 Å². The monoisotopic (exact) mass is 263 g/mol. The Kier molecular flexibility index (Phi) is 3.08. The number of rotatable bonds is 5. The lowest BCUT2D eigenvalue weighted by Gasteiger charge is -2.30. The molecule has 1 N–H and O–H groups in total. The van der Waals surface area contributed by atoms with Crippen molar-refractivity contribution in [2.75, 3.05) is 6.54 Å². The van der Waals surface area contributed by atoms with Crippen LogP contribution >= 0.6 is 0 Å². The Balaban J connectivity index is 1.32. The van der Waals surface area contributed by atoms with Crippen LogP contribution in [0.2, 0.25) is 0 Å². The highest BCUT2D eigenvalue weighted by atomic mass is 14.9. The fraction of sp³-hybridized carbons (Fsp3) is 0.368. The van der Waals surface area contributed by atoms with Crippen LogP contribution in [0.3, 0.4) is 0 Å². The maximum absolute atomic E-state index is 3.63. The number of fused-ring (bicyclic) bond motifs is 1. The minimum Gasteiger partial charge on any atom is -0.312 e. The fourth-order valence-corrected chi connectivity index (χ4v) is 3.31. The van der Waals surface area contributed by atoms with Crippen molar-refractivity contribution in [3.63, 3.8) is 0 Å². The molecule has 0 saturated heterocycles. The number of hydrogen-bond acceptors (Lipinski definition) is 1. The molecule has 0 bridgehead atoms. The van der Waals surface area contributed by atoms with Gasteiger partial charge in [0.1, 0.15) is 0 Å². The highest BCUT2D eigenvalue weighted by Gasteiger charge is 2.25. The standard InChI is InChI=1S/C19H21N/c1-2-7-19-17(5-1)11-18(19)13-20-12-14-4-3-6-16(10-14)15-8-9-15/h1-7,10,15,18,20H,8-9,11-13H2. The quantitative estimate of drug-likeness (QED) is 0.860. The zero-order chi connectivity index (χ0) is 13.4. The van der Waals surface area contributed by atoms with Gasteiger partial charge >= 0.3 is 0 Å². The van der Waals surface area contributed by atoms with Crippen LogP contribution in [0, 0.1) is 0 Å². The normalized spacial score (nSPS) is 20.3. The average Bonchev–Trinajstić information content (AvgIpc) is 3.29. The van der Waals surface area contributed by atoms with Crippen LogP contribution in [-0.2, 0) is 13.0 Å². The second-order valence-electron chi connectivity index (χ2n) is 6.25. The summed E-state index contributed by atoms with van der Waals surface area (Å²) in [4.78, 5) is 0. The fourth-order valence-electron chi connectivity index (χ4n) is 3.31. The predicted molar refractivity (Wildman–Crippen MR) is 83.0 cm³/mol. The molecule has 1 heteroatoms. The van der Waals surface area contributed by atoms with Gasteiger partial charge in [0.25, 0.3) is 0 Å². The molecule has 2 aromatic carbocycles. The van der Waals surface area contributed by atoms with Gasteiger partial charge in [0.05, 0.1) is 0 Å². The summed E-state index contributed by atoms with van der Waals surface area (Å²) < 4.78 is 0. The molecule has 1 atom stereocenters. The molecule has 1 unspecified atom stereocenters. The zero-order valence-corrected chi connectivity index (χ0v) is 11.8. The topological polar surface area (TPSA) is 12.0 Å². The molecule has 20 heavy (non-hydrogen) atoms. The van der Waals surface area contributed by atoms with E-state index in [1.54, 1.807) is 11.1 Å². The van der Waals surface area contributed by atoms with E-state index in [1.165, 1.54) is 30.4 Å². The number of nitrogens with one attached hydrogen (secondary N) is 1. The SMILES string of the molecule is c1cc(CNCC2Cc3ccccc32)cc(C2CC2)c1. The van der Waals surface area contributed by atoms with Crippen LogP contribution < -0.4 is 5.32 Å². The minimum absolute atomic E-state index is 0.720. The minimum atomic E-state index is 0.720. The van der Waals surface area contributed by atoms with Crippen molar-refractivity contribution in [3.05, 3.63) is 70.8 Å².